The molecule has 0 saturated carbocycles. The van der Waals surface area contributed by atoms with Gasteiger partial charge >= 0.3 is 0 Å². The predicted octanol–water partition coefficient (Wildman–Crippen LogP) is 6.14. The van der Waals surface area contributed by atoms with Crippen LogP contribution >= 0.6 is 11.6 Å². The first-order valence-electron chi connectivity index (χ1n) is 9.43. The molecule has 0 fully saturated rings. The van der Waals surface area contributed by atoms with Crippen LogP contribution in [0.4, 0.5) is 10.3 Å². The number of benzene rings is 3. The van der Waals surface area contributed by atoms with E-state index in [1.165, 1.54) is 48.5 Å². The molecule has 1 aromatic heterocycles. The molecule has 158 valence electrons. The van der Waals surface area contributed by atoms with E-state index in [0.717, 1.165) is 5.56 Å². The van der Waals surface area contributed by atoms with Crippen molar-refractivity contribution in [2.45, 2.75) is 22.9 Å². The third-order valence-electron chi connectivity index (χ3n) is 4.71. The highest BCUT2D eigenvalue weighted by Crippen LogP contribution is 2.34. The van der Waals surface area contributed by atoms with Crippen LogP contribution in [-0.4, -0.2) is 13.4 Å². The van der Waals surface area contributed by atoms with Crippen LogP contribution in [0.1, 0.15) is 18.5 Å². The zero-order chi connectivity index (χ0) is 22.0. The number of aromatic nitrogens is 1. The van der Waals surface area contributed by atoms with Gasteiger partial charge in [0.05, 0.1) is 10.9 Å². The average molecular weight is 457 g/mol. The number of anilines is 1. The van der Waals surface area contributed by atoms with Gasteiger partial charge in [-0.1, -0.05) is 41.9 Å². The molecule has 8 heteroatoms. The molecule has 0 spiro atoms. The number of nitrogens with one attached hydrogen (secondary N) is 1. The zero-order valence-corrected chi connectivity index (χ0v) is 18.0. The van der Waals surface area contributed by atoms with Crippen LogP contribution < -0.4 is 5.32 Å². The Bertz CT molecular complexity index is 1290. The highest BCUT2D eigenvalue weighted by atomic mass is 35.5. The molecule has 3 aromatic carbocycles. The van der Waals surface area contributed by atoms with E-state index in [-0.39, 0.29) is 27.7 Å². The Kier molecular flexibility index (Phi) is 5.80. The fourth-order valence-corrected chi connectivity index (χ4v) is 4.43. The van der Waals surface area contributed by atoms with Gasteiger partial charge in [-0.05, 0) is 61.0 Å². The van der Waals surface area contributed by atoms with Gasteiger partial charge in [0.1, 0.15) is 5.82 Å². The smallest absolute Gasteiger partial charge is 0.234 e. The van der Waals surface area contributed by atoms with Crippen LogP contribution in [0, 0.1) is 5.82 Å². The van der Waals surface area contributed by atoms with E-state index in [1.54, 1.807) is 0 Å². The van der Waals surface area contributed by atoms with Gasteiger partial charge in [-0.2, -0.15) is 4.98 Å². The van der Waals surface area contributed by atoms with Gasteiger partial charge in [-0.15, -0.1) is 0 Å². The Morgan fingerprint density at radius 2 is 1.61 bits per heavy atom. The van der Waals surface area contributed by atoms with Crippen LogP contribution in [0.5, 0.6) is 0 Å². The lowest BCUT2D eigenvalue weighted by atomic mass is 10.1. The molecule has 0 radical (unpaired) electrons. The second kappa shape index (κ2) is 8.53. The van der Waals surface area contributed by atoms with Gasteiger partial charge in [0.2, 0.25) is 26.6 Å². The number of hydrogen-bond donors (Lipinski definition) is 1. The summed E-state index contributed by atoms with van der Waals surface area (Å²) in [5.74, 6) is -0.346. The molecular formula is C23H18ClFN2O3S. The number of sulfone groups is 1. The van der Waals surface area contributed by atoms with E-state index < -0.39 is 15.7 Å². The first-order chi connectivity index (χ1) is 14.8. The van der Waals surface area contributed by atoms with E-state index in [0.29, 0.717) is 10.6 Å². The number of nitrogens with zero attached hydrogens (tertiary/aromatic N) is 1. The maximum atomic E-state index is 13.3. The van der Waals surface area contributed by atoms with Crippen molar-refractivity contribution in [1.29, 1.82) is 0 Å². The summed E-state index contributed by atoms with van der Waals surface area (Å²) in [4.78, 5) is 4.29. The monoisotopic (exact) mass is 456 g/mol. The first-order valence-corrected chi connectivity index (χ1v) is 11.3. The van der Waals surface area contributed by atoms with Crippen molar-refractivity contribution >= 4 is 27.3 Å². The second-order valence-electron chi connectivity index (χ2n) is 6.89. The molecule has 0 bridgehead atoms. The van der Waals surface area contributed by atoms with Crippen LogP contribution in [0.2, 0.25) is 5.02 Å². The lowest BCUT2D eigenvalue weighted by Crippen LogP contribution is -2.10. The maximum Gasteiger partial charge on any atom is 0.234 e. The lowest BCUT2D eigenvalue weighted by Gasteiger charge is -2.14. The van der Waals surface area contributed by atoms with E-state index in [9.17, 15) is 12.8 Å². The minimum Gasteiger partial charge on any atom is -0.419 e. The van der Waals surface area contributed by atoms with E-state index >= 15 is 0 Å². The highest BCUT2D eigenvalue weighted by molar-refractivity contribution is 7.91. The maximum absolute atomic E-state index is 13.3. The number of halogens is 2. The molecule has 1 N–H and O–H groups in total. The van der Waals surface area contributed by atoms with Crippen molar-refractivity contribution in [2.24, 2.45) is 0 Å². The summed E-state index contributed by atoms with van der Waals surface area (Å²) in [7, 11) is -4.01. The first kappa shape index (κ1) is 21.1. The number of rotatable bonds is 6. The molecule has 4 aromatic rings. The summed E-state index contributed by atoms with van der Waals surface area (Å²) in [5, 5.41) is 3.27. The SMILES string of the molecule is CC(Nc1oc(-c2ccc(F)cc2)nc1S(=O)(=O)c1ccc(Cl)cc1)c1ccccc1. The van der Waals surface area contributed by atoms with Gasteiger partial charge < -0.3 is 9.73 Å². The Balaban J connectivity index is 1.80. The number of hydrogen-bond acceptors (Lipinski definition) is 5. The summed E-state index contributed by atoms with van der Waals surface area (Å²) < 4.78 is 45.8. The van der Waals surface area contributed by atoms with Crippen molar-refractivity contribution in [3.8, 4) is 11.5 Å². The third-order valence-corrected chi connectivity index (χ3v) is 6.64. The van der Waals surface area contributed by atoms with Crippen LogP contribution in [0.15, 0.2) is 93.2 Å². The van der Waals surface area contributed by atoms with Crippen molar-refractivity contribution in [2.75, 3.05) is 5.32 Å². The van der Waals surface area contributed by atoms with Gasteiger partial charge in [-0.25, -0.2) is 12.8 Å². The van der Waals surface area contributed by atoms with Gasteiger partial charge in [0.25, 0.3) is 0 Å². The second-order valence-corrected chi connectivity index (χ2v) is 9.20. The van der Waals surface area contributed by atoms with Gasteiger partial charge in [0, 0.05) is 10.6 Å². The van der Waals surface area contributed by atoms with Gasteiger partial charge in [-0.3, -0.25) is 0 Å². The normalized spacial score (nSPS) is 12.5. The Morgan fingerprint density at radius 1 is 0.968 bits per heavy atom. The average Bonchev–Trinajstić information content (AvgIpc) is 3.20. The summed E-state index contributed by atoms with van der Waals surface area (Å²) >= 11 is 5.90. The van der Waals surface area contributed by atoms with E-state index in [2.05, 4.69) is 10.3 Å². The lowest BCUT2D eigenvalue weighted by molar-refractivity contribution is 0.570. The standard InChI is InChI=1S/C23H18ClFN2O3S/c1-15(16-5-3-2-4-6-16)26-22-23(31(28,29)20-13-9-18(24)10-14-20)27-21(30-22)17-7-11-19(25)12-8-17/h2-15,26H,1H3. The van der Waals surface area contributed by atoms with Crippen LogP contribution in [-0.2, 0) is 9.84 Å². The molecule has 0 aliphatic rings. The van der Waals surface area contributed by atoms with Crippen molar-refractivity contribution < 1.29 is 17.2 Å². The highest BCUT2D eigenvalue weighted by Gasteiger charge is 2.29. The fourth-order valence-electron chi connectivity index (χ4n) is 3.04. The number of oxazole rings is 1. The molecule has 4 rings (SSSR count). The van der Waals surface area contributed by atoms with Crippen molar-refractivity contribution in [3.63, 3.8) is 0 Å². The molecule has 1 heterocycles. The summed E-state index contributed by atoms with van der Waals surface area (Å²) in [5.41, 5.74) is 1.39. The largest absolute Gasteiger partial charge is 0.419 e. The zero-order valence-electron chi connectivity index (χ0n) is 16.4. The Morgan fingerprint density at radius 3 is 2.26 bits per heavy atom. The molecule has 5 nitrogen and oxygen atoms in total. The fraction of sp³-hybridized carbons (Fsp3) is 0.0870. The molecule has 31 heavy (non-hydrogen) atoms. The molecule has 1 atom stereocenters. The van der Waals surface area contributed by atoms with Crippen molar-refractivity contribution in [3.05, 3.63) is 95.3 Å². The van der Waals surface area contributed by atoms with Crippen molar-refractivity contribution in [1.82, 2.24) is 4.98 Å². The van der Waals surface area contributed by atoms with E-state index in [1.807, 2.05) is 37.3 Å². The Hall–Kier alpha value is -3.16. The van der Waals surface area contributed by atoms with Gasteiger partial charge in [0.15, 0.2) is 0 Å². The topological polar surface area (TPSA) is 72.2 Å². The summed E-state index contributed by atoms with van der Waals surface area (Å²) in [6.45, 7) is 1.88. The molecule has 0 aliphatic heterocycles. The Labute approximate surface area is 184 Å². The third kappa shape index (κ3) is 4.47. The molecule has 0 amide bonds. The summed E-state index contributed by atoms with van der Waals surface area (Å²) in [6.07, 6.45) is 0. The molecule has 1 unspecified atom stereocenters. The van der Waals surface area contributed by atoms with E-state index in [4.69, 9.17) is 16.0 Å². The molecule has 0 aliphatic carbocycles. The molecular weight excluding hydrogens is 439 g/mol. The minimum absolute atomic E-state index is 0.00521. The van der Waals surface area contributed by atoms with Crippen LogP contribution in [0.3, 0.4) is 0 Å². The summed E-state index contributed by atoms with van der Waals surface area (Å²) in [6, 6.07) is 20.5. The predicted molar refractivity (Wildman–Crippen MR) is 117 cm³/mol. The minimum atomic E-state index is -4.01. The molecule has 0 saturated heterocycles. The quantitative estimate of drug-likeness (QED) is 0.377. The van der Waals surface area contributed by atoms with Crippen LogP contribution in [0.25, 0.3) is 11.5 Å².